The average Bonchev–Trinajstić information content (AvgIpc) is 3.25. The number of aliphatic imine (C=N–C) groups is 1. The molecule has 0 saturated carbocycles. The van der Waals surface area contributed by atoms with Crippen molar-refractivity contribution in [3.8, 4) is 5.75 Å². The monoisotopic (exact) mass is 469 g/mol. The van der Waals surface area contributed by atoms with Crippen LogP contribution in [0.4, 0.5) is 0 Å². The normalized spacial score (nSPS) is 17.2. The molecule has 1 aromatic heterocycles. The quantitative estimate of drug-likeness (QED) is 0.425. The number of benzene rings is 1. The molecule has 7 heteroatoms. The van der Waals surface area contributed by atoms with Crippen LogP contribution in [0.25, 0.3) is 0 Å². The molecule has 2 heterocycles. The largest absolute Gasteiger partial charge is 0.496 e. The van der Waals surface area contributed by atoms with Gasteiger partial charge in [-0.05, 0) is 36.1 Å². The van der Waals surface area contributed by atoms with Crippen LogP contribution in [0.15, 0.2) is 35.6 Å². The number of guanidine groups is 1. The third-order valence-corrected chi connectivity index (χ3v) is 4.81. The van der Waals surface area contributed by atoms with Gasteiger partial charge in [-0.2, -0.15) is 5.10 Å². The number of likely N-dealkylation sites (tertiary alicyclic amines) is 1. The summed E-state index contributed by atoms with van der Waals surface area (Å²) in [5, 5.41) is 7.78. The van der Waals surface area contributed by atoms with E-state index in [0.29, 0.717) is 5.92 Å². The summed E-state index contributed by atoms with van der Waals surface area (Å²) in [4.78, 5) is 6.79. The molecule has 1 saturated heterocycles. The molecule has 0 radical (unpaired) electrons. The van der Waals surface area contributed by atoms with Crippen molar-refractivity contribution in [2.75, 3.05) is 27.2 Å². The second-order valence-electron chi connectivity index (χ2n) is 6.58. The highest BCUT2D eigenvalue weighted by molar-refractivity contribution is 14.0. The van der Waals surface area contributed by atoms with Gasteiger partial charge >= 0.3 is 0 Å². The number of hydrogen-bond acceptors (Lipinski definition) is 3. The minimum Gasteiger partial charge on any atom is -0.496 e. The molecular formula is C19H28IN5O. The molecule has 1 fully saturated rings. The lowest BCUT2D eigenvalue weighted by atomic mass is 10.0. The third kappa shape index (κ3) is 4.69. The van der Waals surface area contributed by atoms with Gasteiger partial charge in [-0.3, -0.25) is 9.67 Å². The molecule has 1 N–H and O–H groups in total. The Hall–Kier alpha value is -1.77. The van der Waals surface area contributed by atoms with Crippen LogP contribution < -0.4 is 10.1 Å². The van der Waals surface area contributed by atoms with Gasteiger partial charge in [0.1, 0.15) is 5.75 Å². The standard InChI is InChI=1S/C19H27N5O.HI/c1-14-9-15(5-6-18(14)25-4)10-21-19(20-2)24-8-7-16(13-24)17-11-22-23(3)12-17;/h5-6,9,11-12,16H,7-8,10,13H2,1-4H3,(H,20,21);1H. The fourth-order valence-corrected chi connectivity index (χ4v) is 3.44. The van der Waals surface area contributed by atoms with Gasteiger partial charge in [0.2, 0.25) is 0 Å². The van der Waals surface area contributed by atoms with Crippen molar-refractivity contribution in [2.45, 2.75) is 25.8 Å². The summed E-state index contributed by atoms with van der Waals surface area (Å²) in [6.07, 6.45) is 5.23. The number of hydrogen-bond donors (Lipinski definition) is 1. The zero-order valence-corrected chi connectivity index (χ0v) is 18.2. The van der Waals surface area contributed by atoms with E-state index in [-0.39, 0.29) is 24.0 Å². The Bertz CT molecular complexity index is 758. The summed E-state index contributed by atoms with van der Waals surface area (Å²) in [5.41, 5.74) is 3.68. The fourth-order valence-electron chi connectivity index (χ4n) is 3.44. The van der Waals surface area contributed by atoms with E-state index >= 15 is 0 Å². The highest BCUT2D eigenvalue weighted by atomic mass is 127. The molecular weight excluding hydrogens is 441 g/mol. The number of nitrogens with zero attached hydrogens (tertiary/aromatic N) is 4. The lowest BCUT2D eigenvalue weighted by molar-refractivity contribution is 0.411. The van der Waals surface area contributed by atoms with Crippen molar-refractivity contribution >= 4 is 29.9 Å². The van der Waals surface area contributed by atoms with Gasteiger partial charge in [-0.25, -0.2) is 0 Å². The number of nitrogens with one attached hydrogen (secondary N) is 1. The topological polar surface area (TPSA) is 54.7 Å². The van der Waals surface area contributed by atoms with Crippen LogP contribution >= 0.6 is 24.0 Å². The smallest absolute Gasteiger partial charge is 0.193 e. The van der Waals surface area contributed by atoms with Crippen LogP contribution in [0, 0.1) is 6.92 Å². The van der Waals surface area contributed by atoms with Gasteiger partial charge in [0, 0.05) is 45.8 Å². The number of aryl methyl sites for hydroxylation is 2. The van der Waals surface area contributed by atoms with E-state index in [1.54, 1.807) is 7.11 Å². The highest BCUT2D eigenvalue weighted by Crippen LogP contribution is 2.26. The summed E-state index contributed by atoms with van der Waals surface area (Å²) < 4.78 is 7.20. The number of rotatable bonds is 4. The molecule has 0 spiro atoms. The molecule has 3 rings (SSSR count). The zero-order chi connectivity index (χ0) is 17.8. The Balaban J connectivity index is 0.00000243. The fraction of sp³-hybridized carbons (Fsp3) is 0.474. The molecule has 0 amide bonds. The van der Waals surface area contributed by atoms with Gasteiger partial charge in [0.05, 0.1) is 13.3 Å². The molecule has 1 aromatic carbocycles. The lowest BCUT2D eigenvalue weighted by Crippen LogP contribution is -2.39. The number of methoxy groups -OCH3 is 1. The van der Waals surface area contributed by atoms with E-state index < -0.39 is 0 Å². The van der Waals surface area contributed by atoms with E-state index in [0.717, 1.165) is 43.3 Å². The van der Waals surface area contributed by atoms with Crippen LogP contribution in [-0.4, -0.2) is 47.9 Å². The van der Waals surface area contributed by atoms with Crippen molar-refractivity contribution in [1.29, 1.82) is 0 Å². The maximum absolute atomic E-state index is 5.32. The third-order valence-electron chi connectivity index (χ3n) is 4.81. The predicted octanol–water partition coefficient (Wildman–Crippen LogP) is 2.92. The Morgan fingerprint density at radius 2 is 2.23 bits per heavy atom. The number of ether oxygens (including phenoxy) is 1. The summed E-state index contributed by atoms with van der Waals surface area (Å²) in [7, 11) is 5.51. The summed E-state index contributed by atoms with van der Waals surface area (Å²) in [5.74, 6) is 2.40. The second kappa shape index (κ2) is 9.25. The van der Waals surface area contributed by atoms with Crippen LogP contribution in [0.5, 0.6) is 5.75 Å². The van der Waals surface area contributed by atoms with Crippen LogP contribution in [-0.2, 0) is 13.6 Å². The Kier molecular flexibility index (Phi) is 7.31. The SMILES string of the molecule is CN=C(NCc1ccc(OC)c(C)c1)N1CCC(c2cnn(C)c2)C1.I. The van der Waals surface area contributed by atoms with E-state index in [9.17, 15) is 0 Å². The minimum atomic E-state index is 0. The molecule has 1 aliphatic heterocycles. The van der Waals surface area contributed by atoms with Crippen molar-refractivity contribution in [1.82, 2.24) is 20.0 Å². The molecule has 6 nitrogen and oxygen atoms in total. The van der Waals surface area contributed by atoms with Crippen molar-refractivity contribution in [3.05, 3.63) is 47.3 Å². The van der Waals surface area contributed by atoms with Gasteiger partial charge in [-0.1, -0.05) is 12.1 Å². The summed E-state index contributed by atoms with van der Waals surface area (Å²) >= 11 is 0. The van der Waals surface area contributed by atoms with Gasteiger partial charge in [0.15, 0.2) is 5.96 Å². The molecule has 2 aromatic rings. The van der Waals surface area contributed by atoms with E-state index in [1.807, 2.05) is 31.0 Å². The van der Waals surface area contributed by atoms with E-state index in [4.69, 9.17) is 4.74 Å². The first-order valence-corrected chi connectivity index (χ1v) is 8.68. The van der Waals surface area contributed by atoms with Crippen LogP contribution in [0.2, 0.25) is 0 Å². The maximum atomic E-state index is 5.32. The maximum Gasteiger partial charge on any atom is 0.193 e. The van der Waals surface area contributed by atoms with Crippen molar-refractivity contribution < 1.29 is 4.74 Å². The van der Waals surface area contributed by atoms with Gasteiger partial charge in [-0.15, -0.1) is 24.0 Å². The second-order valence-corrected chi connectivity index (χ2v) is 6.58. The molecule has 142 valence electrons. The molecule has 1 atom stereocenters. The van der Waals surface area contributed by atoms with Gasteiger partial charge < -0.3 is 15.0 Å². The molecule has 0 bridgehead atoms. The number of halogens is 1. The van der Waals surface area contributed by atoms with Crippen molar-refractivity contribution in [2.24, 2.45) is 12.0 Å². The van der Waals surface area contributed by atoms with Gasteiger partial charge in [0.25, 0.3) is 0 Å². The molecule has 26 heavy (non-hydrogen) atoms. The molecule has 1 aliphatic rings. The van der Waals surface area contributed by atoms with Crippen LogP contribution in [0.1, 0.15) is 29.0 Å². The first kappa shape index (κ1) is 20.5. The first-order valence-electron chi connectivity index (χ1n) is 8.68. The average molecular weight is 469 g/mol. The zero-order valence-electron chi connectivity index (χ0n) is 15.9. The number of aromatic nitrogens is 2. The molecule has 1 unspecified atom stereocenters. The summed E-state index contributed by atoms with van der Waals surface area (Å²) in [6.45, 7) is 4.82. The minimum absolute atomic E-state index is 0. The Morgan fingerprint density at radius 1 is 1.42 bits per heavy atom. The Labute approximate surface area is 172 Å². The predicted molar refractivity (Wildman–Crippen MR) is 115 cm³/mol. The van der Waals surface area contributed by atoms with E-state index in [2.05, 4.69) is 45.6 Å². The van der Waals surface area contributed by atoms with E-state index in [1.165, 1.54) is 11.1 Å². The lowest BCUT2D eigenvalue weighted by Gasteiger charge is -2.22. The molecule has 0 aliphatic carbocycles. The van der Waals surface area contributed by atoms with Crippen LogP contribution in [0.3, 0.4) is 0 Å². The van der Waals surface area contributed by atoms with Crippen molar-refractivity contribution in [3.63, 3.8) is 0 Å². The first-order chi connectivity index (χ1) is 12.1. The Morgan fingerprint density at radius 3 is 2.85 bits per heavy atom. The highest BCUT2D eigenvalue weighted by Gasteiger charge is 2.26. The summed E-state index contributed by atoms with van der Waals surface area (Å²) in [6, 6.07) is 6.26.